The zero-order chi connectivity index (χ0) is 22.4. The van der Waals surface area contributed by atoms with Gasteiger partial charge in [0.25, 0.3) is 5.56 Å². The normalized spacial score (nSPS) is 11.0. The molecule has 0 bridgehead atoms. The van der Waals surface area contributed by atoms with Crippen molar-refractivity contribution in [3.05, 3.63) is 50.9 Å². The Morgan fingerprint density at radius 2 is 1.87 bits per heavy atom. The number of benzene rings is 1. The lowest BCUT2D eigenvalue weighted by Gasteiger charge is -2.13. The van der Waals surface area contributed by atoms with Crippen molar-refractivity contribution in [3.63, 3.8) is 0 Å². The SMILES string of the molecule is CCOc1ccc(CCNC(=O)Cn2c(C)nc3sc(CC)cc3c2=O)cc1OCC. The fourth-order valence-electron chi connectivity index (χ4n) is 3.32. The number of aryl methyl sites for hydroxylation is 2. The smallest absolute Gasteiger partial charge is 0.262 e. The van der Waals surface area contributed by atoms with Gasteiger partial charge in [-0.15, -0.1) is 11.3 Å². The molecule has 2 heterocycles. The van der Waals surface area contributed by atoms with E-state index in [4.69, 9.17) is 9.47 Å². The topological polar surface area (TPSA) is 82.5 Å². The van der Waals surface area contributed by atoms with E-state index in [9.17, 15) is 9.59 Å². The summed E-state index contributed by atoms with van der Waals surface area (Å²) in [6.07, 6.45) is 1.50. The van der Waals surface area contributed by atoms with Gasteiger partial charge in [0.1, 0.15) is 17.2 Å². The Morgan fingerprint density at radius 1 is 1.13 bits per heavy atom. The van der Waals surface area contributed by atoms with E-state index in [2.05, 4.69) is 10.3 Å². The number of carbonyl (C=O) groups excluding carboxylic acids is 1. The van der Waals surface area contributed by atoms with Crippen LogP contribution in [-0.2, 0) is 24.2 Å². The van der Waals surface area contributed by atoms with Crippen LogP contribution >= 0.6 is 11.3 Å². The van der Waals surface area contributed by atoms with E-state index in [1.165, 1.54) is 15.9 Å². The van der Waals surface area contributed by atoms with Crippen LogP contribution in [0.25, 0.3) is 10.2 Å². The van der Waals surface area contributed by atoms with Crippen molar-refractivity contribution in [3.8, 4) is 11.5 Å². The molecule has 0 aliphatic rings. The predicted molar refractivity (Wildman–Crippen MR) is 123 cm³/mol. The van der Waals surface area contributed by atoms with Crippen molar-refractivity contribution in [2.75, 3.05) is 19.8 Å². The van der Waals surface area contributed by atoms with Crippen molar-refractivity contribution < 1.29 is 14.3 Å². The van der Waals surface area contributed by atoms with Gasteiger partial charge < -0.3 is 14.8 Å². The summed E-state index contributed by atoms with van der Waals surface area (Å²) < 4.78 is 12.7. The summed E-state index contributed by atoms with van der Waals surface area (Å²) in [4.78, 5) is 31.6. The van der Waals surface area contributed by atoms with Crippen LogP contribution in [0.15, 0.2) is 29.1 Å². The largest absolute Gasteiger partial charge is 0.490 e. The summed E-state index contributed by atoms with van der Waals surface area (Å²) in [5, 5.41) is 3.48. The fourth-order valence-corrected chi connectivity index (χ4v) is 4.33. The number of fused-ring (bicyclic) bond motifs is 1. The van der Waals surface area contributed by atoms with Crippen LogP contribution in [0.1, 0.15) is 37.0 Å². The molecule has 0 spiro atoms. The second kappa shape index (κ2) is 10.4. The van der Waals surface area contributed by atoms with Gasteiger partial charge in [0.05, 0.1) is 18.6 Å². The van der Waals surface area contributed by atoms with E-state index in [1.807, 2.05) is 45.0 Å². The maximum absolute atomic E-state index is 12.8. The summed E-state index contributed by atoms with van der Waals surface area (Å²) in [5.41, 5.74) is 0.871. The van der Waals surface area contributed by atoms with Gasteiger partial charge in [-0.1, -0.05) is 13.0 Å². The molecule has 0 atom stereocenters. The van der Waals surface area contributed by atoms with E-state index in [0.29, 0.717) is 43.1 Å². The molecule has 3 aromatic rings. The lowest BCUT2D eigenvalue weighted by molar-refractivity contribution is -0.121. The number of hydrogen-bond donors (Lipinski definition) is 1. The van der Waals surface area contributed by atoms with Gasteiger partial charge in [-0.3, -0.25) is 14.2 Å². The maximum atomic E-state index is 12.8. The van der Waals surface area contributed by atoms with E-state index < -0.39 is 0 Å². The number of nitrogens with one attached hydrogen (secondary N) is 1. The summed E-state index contributed by atoms with van der Waals surface area (Å²) in [6.45, 7) is 9.20. The molecule has 0 saturated carbocycles. The van der Waals surface area contributed by atoms with Gasteiger partial charge in [-0.2, -0.15) is 0 Å². The van der Waals surface area contributed by atoms with Gasteiger partial charge in [0.15, 0.2) is 11.5 Å². The fraction of sp³-hybridized carbons (Fsp3) is 0.435. The lowest BCUT2D eigenvalue weighted by Crippen LogP contribution is -2.34. The molecule has 1 N–H and O–H groups in total. The van der Waals surface area contributed by atoms with Crippen molar-refractivity contribution >= 4 is 27.5 Å². The van der Waals surface area contributed by atoms with Gasteiger partial charge in [-0.25, -0.2) is 4.98 Å². The highest BCUT2D eigenvalue weighted by Crippen LogP contribution is 2.28. The van der Waals surface area contributed by atoms with Crippen molar-refractivity contribution in [1.82, 2.24) is 14.9 Å². The first-order valence-corrected chi connectivity index (χ1v) is 11.4. The van der Waals surface area contributed by atoms with Crippen molar-refractivity contribution in [2.45, 2.75) is 47.1 Å². The highest BCUT2D eigenvalue weighted by Gasteiger charge is 2.14. The Labute approximate surface area is 186 Å². The van der Waals surface area contributed by atoms with Crippen LogP contribution < -0.4 is 20.3 Å². The van der Waals surface area contributed by atoms with Gasteiger partial charge >= 0.3 is 0 Å². The standard InChI is InChI=1S/C23H29N3O4S/c1-5-17-13-18-22(31-17)25-15(4)26(23(18)28)14-21(27)24-11-10-16-8-9-19(29-6-2)20(12-16)30-7-3/h8-9,12-13H,5-7,10-11,14H2,1-4H3,(H,24,27). The third-order valence-corrected chi connectivity index (χ3v) is 6.06. The number of hydrogen-bond acceptors (Lipinski definition) is 6. The minimum Gasteiger partial charge on any atom is -0.490 e. The van der Waals surface area contributed by atoms with Crippen LogP contribution in [0.5, 0.6) is 11.5 Å². The van der Waals surface area contributed by atoms with E-state index in [-0.39, 0.29) is 18.0 Å². The minimum atomic E-state index is -0.215. The molecule has 0 radical (unpaired) electrons. The Hall–Kier alpha value is -2.87. The van der Waals surface area contributed by atoms with Crippen LogP contribution in [0.4, 0.5) is 0 Å². The van der Waals surface area contributed by atoms with Crippen molar-refractivity contribution in [1.29, 1.82) is 0 Å². The molecule has 0 saturated heterocycles. The molecule has 1 aromatic carbocycles. The third kappa shape index (κ3) is 5.44. The molecule has 31 heavy (non-hydrogen) atoms. The highest BCUT2D eigenvalue weighted by atomic mass is 32.1. The monoisotopic (exact) mass is 443 g/mol. The van der Waals surface area contributed by atoms with E-state index in [1.54, 1.807) is 6.92 Å². The second-order valence-corrected chi connectivity index (χ2v) is 8.20. The zero-order valence-electron chi connectivity index (χ0n) is 18.5. The molecule has 0 aliphatic carbocycles. The molecule has 0 unspecified atom stereocenters. The Bertz CT molecular complexity index is 1120. The third-order valence-electron chi connectivity index (χ3n) is 4.89. The maximum Gasteiger partial charge on any atom is 0.262 e. The van der Waals surface area contributed by atoms with Gasteiger partial charge in [0.2, 0.25) is 5.91 Å². The first kappa shape index (κ1) is 22.8. The summed E-state index contributed by atoms with van der Waals surface area (Å²) in [5.74, 6) is 1.75. The lowest BCUT2D eigenvalue weighted by atomic mass is 10.1. The molecule has 8 heteroatoms. The number of nitrogens with zero attached hydrogens (tertiary/aromatic N) is 2. The summed E-state index contributed by atoms with van der Waals surface area (Å²) in [7, 11) is 0. The minimum absolute atomic E-state index is 0.0433. The van der Waals surface area contributed by atoms with Gasteiger partial charge in [0, 0.05) is 11.4 Å². The number of aromatic nitrogens is 2. The van der Waals surface area contributed by atoms with Crippen LogP contribution in [0.3, 0.4) is 0 Å². The van der Waals surface area contributed by atoms with Gasteiger partial charge in [-0.05, 0) is 57.4 Å². The zero-order valence-corrected chi connectivity index (χ0v) is 19.3. The average Bonchev–Trinajstić information content (AvgIpc) is 3.16. The average molecular weight is 444 g/mol. The van der Waals surface area contributed by atoms with Crippen LogP contribution in [-0.4, -0.2) is 35.2 Å². The Balaban J connectivity index is 1.63. The number of amides is 1. The first-order chi connectivity index (χ1) is 15.0. The van der Waals surface area contributed by atoms with E-state index in [0.717, 1.165) is 27.4 Å². The van der Waals surface area contributed by atoms with E-state index >= 15 is 0 Å². The molecule has 3 rings (SSSR count). The predicted octanol–water partition coefficient (Wildman–Crippen LogP) is 3.49. The molecule has 2 aromatic heterocycles. The van der Waals surface area contributed by atoms with Crippen LogP contribution in [0, 0.1) is 6.92 Å². The number of carbonyl (C=O) groups is 1. The number of rotatable bonds is 10. The second-order valence-electron chi connectivity index (χ2n) is 7.08. The molecule has 1 amide bonds. The Morgan fingerprint density at radius 3 is 2.58 bits per heavy atom. The highest BCUT2D eigenvalue weighted by molar-refractivity contribution is 7.18. The summed E-state index contributed by atoms with van der Waals surface area (Å²) >= 11 is 1.53. The number of ether oxygens (including phenoxy) is 2. The summed E-state index contributed by atoms with van der Waals surface area (Å²) in [6, 6.07) is 7.68. The molecule has 0 aliphatic heterocycles. The first-order valence-electron chi connectivity index (χ1n) is 10.6. The quantitative estimate of drug-likeness (QED) is 0.519. The van der Waals surface area contributed by atoms with Crippen LogP contribution in [0.2, 0.25) is 0 Å². The molecule has 0 fully saturated rings. The molecule has 7 nitrogen and oxygen atoms in total. The molecule has 166 valence electrons. The molecular weight excluding hydrogens is 414 g/mol. The number of thiophene rings is 1. The van der Waals surface area contributed by atoms with Crippen molar-refractivity contribution in [2.24, 2.45) is 0 Å². The Kier molecular flexibility index (Phi) is 7.68. The molecular formula is C23H29N3O4S.